The van der Waals surface area contributed by atoms with E-state index >= 15 is 0 Å². The number of ether oxygens (including phenoxy) is 1. The zero-order valence-corrected chi connectivity index (χ0v) is 18.2. The van der Waals surface area contributed by atoms with Crippen LogP contribution in [0.3, 0.4) is 0 Å². The van der Waals surface area contributed by atoms with Crippen molar-refractivity contribution in [1.29, 1.82) is 0 Å². The Kier molecular flexibility index (Phi) is 4.77. The zero-order chi connectivity index (χ0) is 21.8. The maximum Gasteiger partial charge on any atom is 0.303 e. The highest BCUT2D eigenvalue weighted by Gasteiger charge is 2.59. The molecule has 164 valence electrons. The smallest absolute Gasteiger partial charge is 0.303 e. The Morgan fingerprint density at radius 2 is 1.94 bits per heavy atom. The summed E-state index contributed by atoms with van der Waals surface area (Å²) in [7, 11) is 1.61. The van der Waals surface area contributed by atoms with Crippen molar-refractivity contribution >= 4 is 28.9 Å². The van der Waals surface area contributed by atoms with Crippen molar-refractivity contribution in [1.82, 2.24) is 9.78 Å². The van der Waals surface area contributed by atoms with E-state index in [2.05, 4.69) is 10.4 Å². The van der Waals surface area contributed by atoms with Crippen LogP contribution in [0.25, 0.3) is 0 Å². The van der Waals surface area contributed by atoms with Crippen LogP contribution < -0.4 is 15.6 Å². The van der Waals surface area contributed by atoms with Gasteiger partial charge in [-0.2, -0.15) is 5.10 Å². The first kappa shape index (κ1) is 20.4. The molecule has 0 amide bonds. The fourth-order valence-corrected chi connectivity index (χ4v) is 7.04. The predicted molar refractivity (Wildman–Crippen MR) is 117 cm³/mol. The Morgan fingerprint density at radius 1 is 1.26 bits per heavy atom. The molecule has 0 radical (unpaired) electrons. The first-order valence-electron chi connectivity index (χ1n) is 10.7. The molecule has 31 heavy (non-hydrogen) atoms. The van der Waals surface area contributed by atoms with Gasteiger partial charge in [0.15, 0.2) is 0 Å². The van der Waals surface area contributed by atoms with Crippen LogP contribution in [-0.4, -0.2) is 28.0 Å². The molecule has 7 nitrogen and oxygen atoms in total. The van der Waals surface area contributed by atoms with E-state index in [1.807, 2.05) is 24.3 Å². The largest absolute Gasteiger partial charge is 0.497 e. The molecule has 6 rings (SSSR count). The molecule has 1 aromatic carbocycles. The minimum absolute atomic E-state index is 0.105. The van der Waals surface area contributed by atoms with E-state index in [1.165, 1.54) is 0 Å². The van der Waals surface area contributed by atoms with Crippen LogP contribution in [0.2, 0.25) is 5.02 Å². The molecule has 0 saturated heterocycles. The maximum absolute atomic E-state index is 13.3. The van der Waals surface area contributed by atoms with E-state index in [-0.39, 0.29) is 22.4 Å². The average Bonchev–Trinajstić information content (AvgIpc) is 2.70. The molecule has 2 unspecified atom stereocenters. The van der Waals surface area contributed by atoms with Crippen LogP contribution in [0, 0.1) is 17.3 Å². The van der Waals surface area contributed by atoms with Crippen molar-refractivity contribution in [2.24, 2.45) is 17.3 Å². The third-order valence-corrected chi connectivity index (χ3v) is 7.78. The van der Waals surface area contributed by atoms with Crippen LogP contribution in [-0.2, 0) is 10.3 Å². The minimum Gasteiger partial charge on any atom is -0.497 e. The van der Waals surface area contributed by atoms with Crippen molar-refractivity contribution in [3.63, 3.8) is 0 Å². The zero-order valence-electron chi connectivity index (χ0n) is 17.4. The van der Waals surface area contributed by atoms with Gasteiger partial charge in [-0.25, -0.2) is 4.68 Å². The average molecular weight is 444 g/mol. The number of nitrogens with zero attached hydrogens (tertiary/aromatic N) is 2. The summed E-state index contributed by atoms with van der Waals surface area (Å²) < 4.78 is 6.74. The summed E-state index contributed by atoms with van der Waals surface area (Å²) in [6, 6.07) is 7.33. The lowest BCUT2D eigenvalue weighted by Gasteiger charge is -2.61. The van der Waals surface area contributed by atoms with Crippen LogP contribution in [0.15, 0.2) is 35.3 Å². The molecule has 2 aromatic rings. The van der Waals surface area contributed by atoms with E-state index < -0.39 is 11.5 Å². The van der Waals surface area contributed by atoms with Gasteiger partial charge in [0.2, 0.25) is 0 Å². The number of halogens is 1. The minimum atomic E-state index is -0.755. The van der Waals surface area contributed by atoms with Gasteiger partial charge in [0.1, 0.15) is 10.8 Å². The van der Waals surface area contributed by atoms with Crippen LogP contribution in [0.4, 0.5) is 11.4 Å². The fourth-order valence-electron chi connectivity index (χ4n) is 6.86. The molecule has 1 aromatic heterocycles. The number of nitrogens with one attached hydrogen (secondary N) is 1. The van der Waals surface area contributed by atoms with E-state index in [4.69, 9.17) is 16.3 Å². The Balaban J connectivity index is 1.47. The monoisotopic (exact) mass is 443 g/mol. The molecule has 1 heterocycles. The highest BCUT2D eigenvalue weighted by atomic mass is 35.5. The summed E-state index contributed by atoms with van der Waals surface area (Å²) in [5, 5.41) is 17.3. The number of anilines is 2. The lowest BCUT2D eigenvalue weighted by molar-refractivity contribution is -0.151. The molecule has 0 spiro atoms. The molecule has 4 aliphatic rings. The number of hydrogen-bond acceptors (Lipinski definition) is 5. The summed E-state index contributed by atoms with van der Waals surface area (Å²) in [5.41, 5.74) is 0.255. The molecular formula is C23H26ClN3O4. The van der Waals surface area contributed by atoms with E-state index in [9.17, 15) is 14.7 Å². The van der Waals surface area contributed by atoms with E-state index in [0.29, 0.717) is 23.9 Å². The van der Waals surface area contributed by atoms with Gasteiger partial charge >= 0.3 is 5.97 Å². The van der Waals surface area contributed by atoms with Crippen molar-refractivity contribution in [2.75, 3.05) is 12.4 Å². The molecule has 8 heteroatoms. The lowest BCUT2D eigenvalue weighted by atomic mass is 9.46. The third-order valence-electron chi connectivity index (χ3n) is 7.41. The van der Waals surface area contributed by atoms with Crippen molar-refractivity contribution < 1.29 is 14.6 Å². The molecular weight excluding hydrogens is 418 g/mol. The third kappa shape index (κ3) is 3.49. The Morgan fingerprint density at radius 3 is 2.55 bits per heavy atom. The highest BCUT2D eigenvalue weighted by molar-refractivity contribution is 6.33. The number of hydrogen-bond donors (Lipinski definition) is 2. The summed E-state index contributed by atoms with van der Waals surface area (Å²) in [4.78, 5) is 24.9. The van der Waals surface area contributed by atoms with Gasteiger partial charge in [-0.3, -0.25) is 9.59 Å². The van der Waals surface area contributed by atoms with Gasteiger partial charge < -0.3 is 15.2 Å². The second kappa shape index (κ2) is 7.26. The first-order valence-corrected chi connectivity index (χ1v) is 11.1. The summed E-state index contributed by atoms with van der Waals surface area (Å²) in [6.07, 6.45) is 7.22. The molecule has 4 fully saturated rings. The Labute approximate surface area is 185 Å². The molecule has 4 saturated carbocycles. The van der Waals surface area contributed by atoms with Gasteiger partial charge in [-0.1, -0.05) is 11.6 Å². The second-order valence-electron chi connectivity index (χ2n) is 9.70. The van der Waals surface area contributed by atoms with Crippen LogP contribution >= 0.6 is 11.6 Å². The number of aliphatic carboxylic acids is 1. The number of carbonyl (C=O) groups is 1. The lowest BCUT2D eigenvalue weighted by Crippen LogP contribution is -2.59. The number of carboxylic acid groups (broad SMARTS) is 1. The van der Waals surface area contributed by atoms with E-state index in [0.717, 1.165) is 43.5 Å². The normalized spacial score (nSPS) is 30.9. The number of methoxy groups -OCH3 is 1. The van der Waals surface area contributed by atoms with Crippen molar-refractivity contribution in [3.8, 4) is 5.75 Å². The number of carboxylic acids is 1. The topological polar surface area (TPSA) is 93.4 Å². The molecule has 4 bridgehead atoms. The van der Waals surface area contributed by atoms with Gasteiger partial charge in [0, 0.05) is 5.69 Å². The van der Waals surface area contributed by atoms with Crippen LogP contribution in [0.5, 0.6) is 5.75 Å². The highest BCUT2D eigenvalue weighted by Crippen LogP contribution is 2.65. The maximum atomic E-state index is 13.3. The standard InChI is InChI=1S/C23H26ClN3O4/c1-31-17-4-2-16(3-5-17)26-18-12-25-27(21(30)20(18)24)23-9-14-6-15(10-23)8-22(7-14,13-23)11-19(28)29/h2-5,12,14-15,26H,6-11,13H2,1H3,(H,28,29). The SMILES string of the molecule is COc1ccc(Nc2cnn(C34CC5CC(CC(CC(=O)O)(C5)C3)C4)c(=O)c2Cl)cc1. The molecule has 0 aliphatic heterocycles. The first-order chi connectivity index (χ1) is 14.8. The van der Waals surface area contributed by atoms with Crippen molar-refractivity contribution in [3.05, 3.63) is 45.8 Å². The van der Waals surface area contributed by atoms with Gasteiger partial charge in [0.25, 0.3) is 5.56 Å². The number of aromatic nitrogens is 2. The van der Waals surface area contributed by atoms with Gasteiger partial charge in [-0.05, 0) is 80.0 Å². The quantitative estimate of drug-likeness (QED) is 0.686. The summed E-state index contributed by atoms with van der Waals surface area (Å²) in [6.45, 7) is 0. The Bertz CT molecular complexity index is 1070. The molecule has 2 N–H and O–H groups in total. The second-order valence-corrected chi connectivity index (χ2v) is 10.1. The van der Waals surface area contributed by atoms with E-state index in [1.54, 1.807) is 18.0 Å². The summed E-state index contributed by atoms with van der Waals surface area (Å²) in [5.74, 6) is 0.882. The molecule has 2 atom stereocenters. The number of rotatable bonds is 6. The number of benzene rings is 1. The predicted octanol–water partition coefficient (Wildman–Crippen LogP) is 4.42. The van der Waals surface area contributed by atoms with Gasteiger partial charge in [-0.15, -0.1) is 0 Å². The molecule has 4 aliphatic carbocycles. The summed E-state index contributed by atoms with van der Waals surface area (Å²) >= 11 is 6.51. The van der Waals surface area contributed by atoms with Gasteiger partial charge in [0.05, 0.1) is 31.0 Å². The fraction of sp³-hybridized carbons (Fsp3) is 0.522. The van der Waals surface area contributed by atoms with Crippen LogP contribution in [0.1, 0.15) is 44.9 Å². The van der Waals surface area contributed by atoms with Crippen molar-refractivity contribution in [2.45, 2.75) is 50.5 Å². The Hall–Kier alpha value is -2.54.